The minimum atomic E-state index is -0.335. The number of rotatable bonds is 3. The van der Waals surface area contributed by atoms with E-state index in [-0.39, 0.29) is 17.9 Å². The van der Waals surface area contributed by atoms with Crippen LogP contribution in [0.15, 0.2) is 24.3 Å². The maximum atomic E-state index is 12.3. The zero-order valence-corrected chi connectivity index (χ0v) is 13.2. The van der Waals surface area contributed by atoms with Gasteiger partial charge in [0.05, 0.1) is 23.5 Å². The fourth-order valence-electron chi connectivity index (χ4n) is 3.01. The van der Waals surface area contributed by atoms with Gasteiger partial charge in [0.15, 0.2) is 0 Å². The first kappa shape index (κ1) is 15.3. The zero-order valence-electron chi connectivity index (χ0n) is 13.2. The van der Waals surface area contributed by atoms with E-state index in [9.17, 15) is 9.59 Å². The van der Waals surface area contributed by atoms with Gasteiger partial charge in [-0.1, -0.05) is 12.1 Å². The molecular formula is C16H21N5O2. The molecule has 3 rings (SSSR count). The summed E-state index contributed by atoms with van der Waals surface area (Å²) in [4.78, 5) is 29.8. The average Bonchev–Trinajstić information content (AvgIpc) is 2.89. The van der Waals surface area contributed by atoms with Crippen LogP contribution in [0.5, 0.6) is 0 Å². The van der Waals surface area contributed by atoms with Crippen LogP contribution < -0.4 is 11.1 Å². The Kier molecular flexibility index (Phi) is 4.18. The SMILES string of the molecule is Cn1c(CNC(=O)N2CCCC(C(N)=O)C2)nc2ccccc21. The van der Waals surface area contributed by atoms with Gasteiger partial charge in [0.25, 0.3) is 0 Å². The summed E-state index contributed by atoms with van der Waals surface area (Å²) in [5.41, 5.74) is 7.29. The third-order valence-corrected chi connectivity index (χ3v) is 4.39. The number of amides is 3. The van der Waals surface area contributed by atoms with Crippen molar-refractivity contribution in [2.75, 3.05) is 13.1 Å². The van der Waals surface area contributed by atoms with E-state index in [1.54, 1.807) is 4.90 Å². The van der Waals surface area contributed by atoms with Gasteiger partial charge in [-0.2, -0.15) is 0 Å². The molecule has 1 aliphatic rings. The van der Waals surface area contributed by atoms with Gasteiger partial charge < -0.3 is 20.5 Å². The van der Waals surface area contributed by atoms with Crippen molar-refractivity contribution in [2.24, 2.45) is 18.7 Å². The van der Waals surface area contributed by atoms with Crippen LogP contribution in [0.25, 0.3) is 11.0 Å². The quantitative estimate of drug-likeness (QED) is 0.884. The van der Waals surface area contributed by atoms with Gasteiger partial charge in [-0.3, -0.25) is 4.79 Å². The molecule has 1 aromatic carbocycles. The van der Waals surface area contributed by atoms with Crippen LogP contribution in [-0.2, 0) is 18.4 Å². The molecule has 0 bridgehead atoms. The second kappa shape index (κ2) is 6.28. The molecule has 0 saturated carbocycles. The summed E-state index contributed by atoms with van der Waals surface area (Å²) in [6.45, 7) is 1.39. The van der Waals surface area contributed by atoms with Gasteiger partial charge in [0.2, 0.25) is 5.91 Å². The maximum Gasteiger partial charge on any atom is 0.317 e. The first-order valence-corrected chi connectivity index (χ1v) is 7.78. The van der Waals surface area contributed by atoms with Gasteiger partial charge in [-0.25, -0.2) is 9.78 Å². The molecule has 23 heavy (non-hydrogen) atoms. The van der Waals surface area contributed by atoms with Crippen LogP contribution in [-0.4, -0.2) is 39.5 Å². The van der Waals surface area contributed by atoms with E-state index in [2.05, 4.69) is 10.3 Å². The third-order valence-electron chi connectivity index (χ3n) is 4.39. The Morgan fingerprint density at radius 1 is 1.39 bits per heavy atom. The molecular weight excluding hydrogens is 294 g/mol. The minimum absolute atomic E-state index is 0.178. The van der Waals surface area contributed by atoms with Gasteiger partial charge in [-0.15, -0.1) is 0 Å². The number of para-hydroxylation sites is 2. The lowest BCUT2D eigenvalue weighted by Crippen LogP contribution is -2.48. The number of aromatic nitrogens is 2. The van der Waals surface area contributed by atoms with Crippen molar-refractivity contribution in [3.05, 3.63) is 30.1 Å². The van der Waals surface area contributed by atoms with Gasteiger partial charge in [-0.05, 0) is 25.0 Å². The number of hydrogen-bond acceptors (Lipinski definition) is 3. The number of carbonyl (C=O) groups is 2. The molecule has 2 heterocycles. The monoisotopic (exact) mass is 315 g/mol. The van der Waals surface area contributed by atoms with Crippen molar-refractivity contribution >= 4 is 23.0 Å². The Labute approximate surface area is 134 Å². The van der Waals surface area contributed by atoms with Crippen LogP contribution in [0.2, 0.25) is 0 Å². The van der Waals surface area contributed by atoms with Crippen molar-refractivity contribution < 1.29 is 9.59 Å². The predicted molar refractivity (Wildman–Crippen MR) is 86.4 cm³/mol. The Morgan fingerprint density at radius 2 is 2.17 bits per heavy atom. The topological polar surface area (TPSA) is 93.3 Å². The van der Waals surface area contributed by atoms with Crippen molar-refractivity contribution in [3.63, 3.8) is 0 Å². The highest BCUT2D eigenvalue weighted by molar-refractivity contribution is 5.79. The Bertz CT molecular complexity index is 739. The molecule has 122 valence electrons. The van der Waals surface area contributed by atoms with Crippen LogP contribution in [0.4, 0.5) is 4.79 Å². The molecule has 1 unspecified atom stereocenters. The number of piperidine rings is 1. The number of fused-ring (bicyclic) bond motifs is 1. The third kappa shape index (κ3) is 3.13. The van der Waals surface area contributed by atoms with E-state index < -0.39 is 0 Å². The maximum absolute atomic E-state index is 12.3. The second-order valence-electron chi connectivity index (χ2n) is 5.92. The number of imidazole rings is 1. The number of likely N-dealkylation sites (tertiary alicyclic amines) is 1. The number of primary amides is 1. The highest BCUT2D eigenvalue weighted by atomic mass is 16.2. The number of nitrogens with two attached hydrogens (primary N) is 1. The first-order chi connectivity index (χ1) is 11.1. The number of benzene rings is 1. The molecule has 1 fully saturated rings. The molecule has 3 N–H and O–H groups in total. The van der Waals surface area contributed by atoms with E-state index in [0.717, 1.165) is 29.7 Å². The Hall–Kier alpha value is -2.57. The van der Waals surface area contributed by atoms with Crippen LogP contribution in [0, 0.1) is 5.92 Å². The number of aryl methyl sites for hydroxylation is 1. The molecule has 0 radical (unpaired) electrons. The zero-order chi connectivity index (χ0) is 16.4. The Balaban J connectivity index is 1.64. The van der Waals surface area contributed by atoms with E-state index >= 15 is 0 Å². The lowest BCUT2D eigenvalue weighted by molar-refractivity contribution is -0.123. The first-order valence-electron chi connectivity index (χ1n) is 7.78. The normalized spacial score (nSPS) is 18.1. The highest BCUT2D eigenvalue weighted by Gasteiger charge is 2.26. The lowest BCUT2D eigenvalue weighted by atomic mass is 9.98. The van der Waals surface area contributed by atoms with Crippen LogP contribution >= 0.6 is 0 Å². The molecule has 7 nitrogen and oxygen atoms in total. The van der Waals surface area contributed by atoms with E-state index in [4.69, 9.17) is 5.73 Å². The van der Waals surface area contributed by atoms with E-state index in [0.29, 0.717) is 19.6 Å². The van der Waals surface area contributed by atoms with Gasteiger partial charge in [0.1, 0.15) is 5.82 Å². The van der Waals surface area contributed by atoms with Gasteiger partial charge in [0, 0.05) is 20.1 Å². The number of nitrogens with zero attached hydrogens (tertiary/aromatic N) is 3. The fourth-order valence-corrected chi connectivity index (χ4v) is 3.01. The predicted octanol–water partition coefficient (Wildman–Crippen LogP) is 0.980. The van der Waals surface area contributed by atoms with Crippen molar-refractivity contribution in [1.82, 2.24) is 19.8 Å². The molecule has 1 aliphatic heterocycles. The van der Waals surface area contributed by atoms with Gasteiger partial charge >= 0.3 is 6.03 Å². The molecule has 0 aliphatic carbocycles. The summed E-state index contributed by atoms with van der Waals surface area (Å²) in [6, 6.07) is 7.67. The van der Waals surface area contributed by atoms with Crippen molar-refractivity contribution in [1.29, 1.82) is 0 Å². The van der Waals surface area contributed by atoms with E-state index in [1.807, 2.05) is 35.9 Å². The number of nitrogens with one attached hydrogen (secondary N) is 1. The van der Waals surface area contributed by atoms with Crippen LogP contribution in [0.3, 0.4) is 0 Å². The summed E-state index contributed by atoms with van der Waals surface area (Å²) in [5, 5.41) is 2.88. The molecule has 2 aromatic rings. The van der Waals surface area contributed by atoms with Crippen molar-refractivity contribution in [2.45, 2.75) is 19.4 Å². The highest BCUT2D eigenvalue weighted by Crippen LogP contribution is 2.17. The average molecular weight is 315 g/mol. The lowest BCUT2D eigenvalue weighted by Gasteiger charge is -2.31. The Morgan fingerprint density at radius 3 is 2.91 bits per heavy atom. The van der Waals surface area contributed by atoms with E-state index in [1.165, 1.54) is 0 Å². The minimum Gasteiger partial charge on any atom is -0.369 e. The second-order valence-corrected chi connectivity index (χ2v) is 5.92. The molecule has 0 spiro atoms. The van der Waals surface area contributed by atoms with Crippen molar-refractivity contribution in [3.8, 4) is 0 Å². The molecule has 1 atom stereocenters. The summed E-state index contributed by atoms with van der Waals surface area (Å²) < 4.78 is 1.97. The summed E-state index contributed by atoms with van der Waals surface area (Å²) in [7, 11) is 1.93. The van der Waals surface area contributed by atoms with Crippen LogP contribution in [0.1, 0.15) is 18.7 Å². The number of hydrogen-bond donors (Lipinski definition) is 2. The fraction of sp³-hybridized carbons (Fsp3) is 0.438. The molecule has 1 aromatic heterocycles. The number of carbonyl (C=O) groups excluding carboxylic acids is 2. The summed E-state index contributed by atoms with van der Waals surface area (Å²) in [5.74, 6) is 0.214. The summed E-state index contributed by atoms with van der Waals surface area (Å²) >= 11 is 0. The standard InChI is InChI=1S/C16H21N5O2/c1-20-13-7-3-2-6-12(13)19-14(20)9-18-16(23)21-8-4-5-11(10-21)15(17)22/h2-3,6-7,11H,4-5,8-10H2,1H3,(H2,17,22)(H,18,23). The molecule has 7 heteroatoms. The molecule has 1 saturated heterocycles. The molecule has 3 amide bonds. The number of urea groups is 1. The largest absolute Gasteiger partial charge is 0.369 e. The smallest absolute Gasteiger partial charge is 0.317 e. The summed E-state index contributed by atoms with van der Waals surface area (Å²) in [6.07, 6.45) is 1.55.